The maximum absolute atomic E-state index is 13.3. The summed E-state index contributed by atoms with van der Waals surface area (Å²) >= 11 is 0. The predicted octanol–water partition coefficient (Wildman–Crippen LogP) is 3.13. The lowest BCUT2D eigenvalue weighted by atomic mass is 9.97. The van der Waals surface area contributed by atoms with Gasteiger partial charge in [0.1, 0.15) is 11.9 Å². The zero-order valence-electron chi connectivity index (χ0n) is 18.2. The molecule has 1 saturated heterocycles. The number of nitrogens with one attached hydrogen (secondary N) is 2. The number of hydrogen-bond donors (Lipinski definition) is 3. The summed E-state index contributed by atoms with van der Waals surface area (Å²) in [5, 5.41) is 23.7. The Morgan fingerprint density at radius 1 is 1.18 bits per heavy atom. The molecule has 1 aliphatic rings. The van der Waals surface area contributed by atoms with Gasteiger partial charge >= 0.3 is 6.03 Å². The van der Waals surface area contributed by atoms with Crippen LogP contribution in [-0.4, -0.2) is 51.0 Å². The monoisotopic (exact) mass is 453 g/mol. The average molecular weight is 454 g/mol. The number of carbonyl (C=O) groups is 1. The van der Waals surface area contributed by atoms with Crippen molar-refractivity contribution < 1.29 is 19.0 Å². The summed E-state index contributed by atoms with van der Waals surface area (Å²) in [7, 11) is 0. The molecule has 3 aromatic rings. The highest BCUT2D eigenvalue weighted by Gasteiger charge is 2.31. The molecule has 3 atom stereocenters. The molecule has 1 aliphatic heterocycles. The van der Waals surface area contributed by atoms with Crippen molar-refractivity contribution in [2.45, 2.75) is 50.5 Å². The minimum atomic E-state index is -0.508. The molecule has 8 nitrogen and oxygen atoms in total. The quantitative estimate of drug-likeness (QED) is 0.487. The fourth-order valence-corrected chi connectivity index (χ4v) is 4.02. The van der Waals surface area contributed by atoms with Crippen LogP contribution in [0.25, 0.3) is 0 Å². The van der Waals surface area contributed by atoms with Crippen molar-refractivity contribution in [2.75, 3.05) is 11.9 Å². The van der Waals surface area contributed by atoms with Gasteiger partial charge in [-0.2, -0.15) is 0 Å². The van der Waals surface area contributed by atoms with Crippen molar-refractivity contribution in [1.29, 1.82) is 0 Å². The minimum absolute atomic E-state index is 0.0479. The number of halogens is 1. The van der Waals surface area contributed by atoms with E-state index in [0.29, 0.717) is 18.7 Å². The van der Waals surface area contributed by atoms with Gasteiger partial charge in [0, 0.05) is 24.8 Å². The molecule has 0 radical (unpaired) electrons. The number of benzene rings is 2. The third kappa shape index (κ3) is 6.59. The number of anilines is 1. The Labute approximate surface area is 191 Å². The van der Waals surface area contributed by atoms with Gasteiger partial charge in [-0.25, -0.2) is 9.18 Å². The SMILES string of the molecule is O=C(Nc1cccc(F)c1)N[C@H]1CC[C@H](CCn2cc(Cc3ccccc3)nn2)O[C@@H]1CO. The van der Waals surface area contributed by atoms with E-state index in [4.69, 9.17) is 4.74 Å². The van der Waals surface area contributed by atoms with E-state index in [1.165, 1.54) is 23.8 Å². The van der Waals surface area contributed by atoms with Crippen LogP contribution in [-0.2, 0) is 17.7 Å². The minimum Gasteiger partial charge on any atom is -0.394 e. The highest BCUT2D eigenvalue weighted by Crippen LogP contribution is 2.23. The van der Waals surface area contributed by atoms with Crippen LogP contribution in [0.5, 0.6) is 0 Å². The fourth-order valence-electron chi connectivity index (χ4n) is 4.02. The first-order chi connectivity index (χ1) is 16.1. The van der Waals surface area contributed by atoms with E-state index in [-0.39, 0.29) is 18.8 Å². The first-order valence-corrected chi connectivity index (χ1v) is 11.1. The fraction of sp³-hybridized carbons (Fsp3) is 0.375. The Morgan fingerprint density at radius 2 is 2.03 bits per heavy atom. The standard InChI is InChI=1S/C24H28FN5O3/c25-18-7-4-8-19(14-18)26-24(32)27-22-10-9-21(33-23(22)16-31)11-12-30-15-20(28-29-30)13-17-5-2-1-3-6-17/h1-8,14-15,21-23,31H,9-13,16H2,(H2,26,27,32)/t21-,22+,23-/m1/s1. The smallest absolute Gasteiger partial charge is 0.319 e. The molecule has 0 spiro atoms. The van der Waals surface area contributed by atoms with Gasteiger partial charge in [0.25, 0.3) is 0 Å². The lowest BCUT2D eigenvalue weighted by Gasteiger charge is -2.36. The highest BCUT2D eigenvalue weighted by atomic mass is 19.1. The van der Waals surface area contributed by atoms with Gasteiger partial charge in [0.05, 0.1) is 24.4 Å². The Morgan fingerprint density at radius 3 is 2.82 bits per heavy atom. The molecule has 2 heterocycles. The molecule has 174 valence electrons. The number of ether oxygens (including phenoxy) is 1. The van der Waals surface area contributed by atoms with Crippen LogP contribution in [0.15, 0.2) is 60.8 Å². The molecule has 3 N–H and O–H groups in total. The number of amides is 2. The predicted molar refractivity (Wildman–Crippen MR) is 121 cm³/mol. The molecule has 2 amide bonds. The molecule has 0 aliphatic carbocycles. The van der Waals surface area contributed by atoms with E-state index in [0.717, 1.165) is 25.0 Å². The zero-order valence-corrected chi connectivity index (χ0v) is 18.2. The zero-order chi connectivity index (χ0) is 23.0. The van der Waals surface area contributed by atoms with Gasteiger partial charge in [-0.05, 0) is 43.0 Å². The van der Waals surface area contributed by atoms with Crippen LogP contribution in [0, 0.1) is 5.82 Å². The van der Waals surface area contributed by atoms with E-state index in [9.17, 15) is 14.3 Å². The number of aromatic nitrogens is 3. The molecule has 0 bridgehead atoms. The average Bonchev–Trinajstić information content (AvgIpc) is 3.26. The Kier molecular flexibility index (Phi) is 7.64. The van der Waals surface area contributed by atoms with Crippen molar-refractivity contribution in [3.8, 4) is 0 Å². The molecule has 0 unspecified atom stereocenters. The number of hydrogen-bond acceptors (Lipinski definition) is 5. The van der Waals surface area contributed by atoms with E-state index in [1.807, 2.05) is 29.1 Å². The summed E-state index contributed by atoms with van der Waals surface area (Å²) in [4.78, 5) is 12.3. The molecule has 33 heavy (non-hydrogen) atoms. The van der Waals surface area contributed by atoms with Gasteiger partial charge in [-0.3, -0.25) is 4.68 Å². The lowest BCUT2D eigenvalue weighted by Crippen LogP contribution is -2.52. The highest BCUT2D eigenvalue weighted by molar-refractivity contribution is 5.89. The van der Waals surface area contributed by atoms with E-state index < -0.39 is 18.0 Å². The Bertz CT molecular complexity index is 1050. The van der Waals surface area contributed by atoms with Gasteiger partial charge in [0.15, 0.2) is 0 Å². The van der Waals surface area contributed by atoms with Gasteiger partial charge in [-0.15, -0.1) is 5.10 Å². The molecule has 9 heteroatoms. The summed E-state index contributed by atoms with van der Waals surface area (Å²) in [6.07, 6.45) is 4.27. The maximum Gasteiger partial charge on any atom is 0.319 e. The van der Waals surface area contributed by atoms with Crippen molar-refractivity contribution in [1.82, 2.24) is 20.3 Å². The van der Waals surface area contributed by atoms with Crippen molar-refractivity contribution in [2.24, 2.45) is 0 Å². The number of nitrogens with zero attached hydrogens (tertiary/aromatic N) is 3. The molecule has 1 fully saturated rings. The molecule has 2 aromatic carbocycles. The molecular formula is C24H28FN5O3. The topological polar surface area (TPSA) is 101 Å². The molecule has 4 rings (SSSR count). The van der Waals surface area contributed by atoms with Crippen molar-refractivity contribution in [3.05, 3.63) is 77.9 Å². The van der Waals surface area contributed by atoms with E-state index >= 15 is 0 Å². The number of urea groups is 1. The van der Waals surface area contributed by atoms with Gasteiger partial charge in [-0.1, -0.05) is 41.6 Å². The normalized spacial score (nSPS) is 20.4. The van der Waals surface area contributed by atoms with Crippen LogP contribution in [0.2, 0.25) is 0 Å². The second kappa shape index (κ2) is 11.0. The third-order valence-electron chi connectivity index (χ3n) is 5.69. The first-order valence-electron chi connectivity index (χ1n) is 11.1. The number of aliphatic hydroxyl groups excluding tert-OH is 1. The second-order valence-corrected chi connectivity index (χ2v) is 8.20. The summed E-state index contributed by atoms with van der Waals surface area (Å²) in [6.45, 7) is 0.453. The summed E-state index contributed by atoms with van der Waals surface area (Å²) in [6, 6.07) is 15.0. The van der Waals surface area contributed by atoms with Crippen LogP contribution in [0.1, 0.15) is 30.5 Å². The van der Waals surface area contributed by atoms with Crippen LogP contribution in [0.3, 0.4) is 0 Å². The summed E-state index contributed by atoms with van der Waals surface area (Å²) in [5.41, 5.74) is 2.46. The van der Waals surface area contributed by atoms with Crippen LogP contribution >= 0.6 is 0 Å². The van der Waals surface area contributed by atoms with Crippen LogP contribution < -0.4 is 10.6 Å². The molecular weight excluding hydrogens is 425 g/mol. The second-order valence-electron chi connectivity index (χ2n) is 8.20. The third-order valence-corrected chi connectivity index (χ3v) is 5.69. The van der Waals surface area contributed by atoms with Crippen molar-refractivity contribution >= 4 is 11.7 Å². The maximum atomic E-state index is 13.3. The summed E-state index contributed by atoms with van der Waals surface area (Å²) in [5.74, 6) is -0.426. The summed E-state index contributed by atoms with van der Waals surface area (Å²) < 4.78 is 21.1. The largest absolute Gasteiger partial charge is 0.394 e. The molecule has 1 aromatic heterocycles. The van der Waals surface area contributed by atoms with E-state index in [2.05, 4.69) is 33.1 Å². The number of aliphatic hydroxyl groups is 1. The van der Waals surface area contributed by atoms with Gasteiger partial charge in [0.2, 0.25) is 0 Å². The van der Waals surface area contributed by atoms with Crippen LogP contribution in [0.4, 0.5) is 14.9 Å². The Balaban J connectivity index is 1.23. The first kappa shape index (κ1) is 22.9. The molecule has 0 saturated carbocycles. The van der Waals surface area contributed by atoms with Gasteiger partial charge < -0.3 is 20.5 Å². The van der Waals surface area contributed by atoms with E-state index in [1.54, 1.807) is 6.07 Å². The number of carbonyl (C=O) groups excluding carboxylic acids is 1. The van der Waals surface area contributed by atoms with Crippen molar-refractivity contribution in [3.63, 3.8) is 0 Å². The lowest BCUT2D eigenvalue weighted by molar-refractivity contribution is -0.0905. The number of aryl methyl sites for hydroxylation is 1. The number of rotatable bonds is 8. The Hall–Kier alpha value is -3.30.